The molecule has 0 bridgehead atoms. The minimum absolute atomic E-state index is 0.566. The van der Waals surface area contributed by atoms with Crippen LogP contribution in [0, 0.1) is 0 Å². The smallest absolute Gasteiger partial charge is 0.140 e. The Hall–Kier alpha value is -0.940. The van der Waals surface area contributed by atoms with Crippen molar-refractivity contribution >= 4 is 0 Å². The summed E-state index contributed by atoms with van der Waals surface area (Å²) < 4.78 is 1.72. The average molecular weight is 198 g/mol. The van der Waals surface area contributed by atoms with Crippen LogP contribution in [0.1, 0.15) is 26.1 Å². The van der Waals surface area contributed by atoms with Gasteiger partial charge in [0.2, 0.25) is 0 Å². The summed E-state index contributed by atoms with van der Waals surface area (Å²) in [6, 6.07) is 0. The second-order valence-electron chi connectivity index (χ2n) is 3.75. The van der Waals surface area contributed by atoms with E-state index in [-0.39, 0.29) is 0 Å². The lowest BCUT2D eigenvalue weighted by atomic mass is 10.0. The van der Waals surface area contributed by atoms with Crippen molar-refractivity contribution in [2.45, 2.75) is 32.4 Å². The number of rotatable bonds is 5. The molecule has 0 aliphatic rings. The maximum atomic E-state index is 9.72. The minimum atomic E-state index is -0.640. The summed E-state index contributed by atoms with van der Waals surface area (Å²) in [6.07, 6.45) is 2.26. The molecule has 0 aliphatic carbocycles. The minimum Gasteiger partial charge on any atom is -0.389 e. The van der Waals surface area contributed by atoms with Crippen molar-refractivity contribution in [2.75, 3.05) is 6.54 Å². The van der Waals surface area contributed by atoms with Gasteiger partial charge in [-0.1, -0.05) is 6.92 Å². The molecule has 2 N–H and O–H groups in total. The topological polar surface area (TPSA) is 63.0 Å². The quantitative estimate of drug-likeness (QED) is 0.702. The van der Waals surface area contributed by atoms with E-state index in [0.29, 0.717) is 13.1 Å². The first-order chi connectivity index (χ1) is 6.55. The fourth-order valence-electron chi connectivity index (χ4n) is 1.05. The summed E-state index contributed by atoms with van der Waals surface area (Å²) in [6.45, 7) is 4.98. The highest BCUT2D eigenvalue weighted by molar-refractivity contribution is 4.83. The first-order valence-electron chi connectivity index (χ1n) is 4.81. The lowest BCUT2D eigenvalue weighted by Gasteiger charge is -2.21. The van der Waals surface area contributed by atoms with Crippen molar-refractivity contribution in [1.82, 2.24) is 20.1 Å². The zero-order valence-corrected chi connectivity index (χ0v) is 8.99. The third-order valence-electron chi connectivity index (χ3n) is 2.36. The zero-order valence-electron chi connectivity index (χ0n) is 8.99. The van der Waals surface area contributed by atoms with E-state index in [1.165, 1.54) is 6.33 Å². The third-order valence-corrected chi connectivity index (χ3v) is 2.36. The zero-order chi connectivity index (χ0) is 10.6. The van der Waals surface area contributed by atoms with Gasteiger partial charge in [-0.3, -0.25) is 4.68 Å². The van der Waals surface area contributed by atoms with Gasteiger partial charge in [0.15, 0.2) is 0 Å². The molecule has 0 fully saturated rings. The molecule has 1 heterocycles. The van der Waals surface area contributed by atoms with Gasteiger partial charge in [0.1, 0.15) is 12.2 Å². The van der Waals surface area contributed by atoms with Crippen molar-refractivity contribution in [2.24, 2.45) is 7.05 Å². The Balaban J connectivity index is 2.32. The molecular formula is C9H18N4O. The summed E-state index contributed by atoms with van der Waals surface area (Å²) in [7, 11) is 1.85. The number of hydrogen-bond acceptors (Lipinski definition) is 4. The number of nitrogens with zero attached hydrogens (tertiary/aromatic N) is 3. The van der Waals surface area contributed by atoms with Gasteiger partial charge in [-0.2, -0.15) is 5.10 Å². The maximum Gasteiger partial charge on any atom is 0.140 e. The van der Waals surface area contributed by atoms with Gasteiger partial charge >= 0.3 is 0 Å². The highest BCUT2D eigenvalue weighted by Crippen LogP contribution is 2.06. The van der Waals surface area contributed by atoms with Crippen LogP contribution in [-0.4, -0.2) is 32.0 Å². The molecule has 1 aromatic rings. The number of hydrogen-bond donors (Lipinski definition) is 2. The van der Waals surface area contributed by atoms with Crippen molar-refractivity contribution in [3.63, 3.8) is 0 Å². The number of aryl methyl sites for hydroxylation is 1. The van der Waals surface area contributed by atoms with Gasteiger partial charge < -0.3 is 10.4 Å². The molecule has 1 aromatic heterocycles. The van der Waals surface area contributed by atoms with Crippen molar-refractivity contribution < 1.29 is 5.11 Å². The lowest BCUT2D eigenvalue weighted by molar-refractivity contribution is 0.0553. The second kappa shape index (κ2) is 4.52. The normalized spacial score (nSPS) is 15.4. The van der Waals surface area contributed by atoms with Gasteiger partial charge in [0, 0.05) is 13.6 Å². The van der Waals surface area contributed by atoms with Gasteiger partial charge in [-0.15, -0.1) is 0 Å². The lowest BCUT2D eigenvalue weighted by Crippen LogP contribution is -2.37. The average Bonchev–Trinajstić information content (AvgIpc) is 2.52. The van der Waals surface area contributed by atoms with E-state index < -0.39 is 5.60 Å². The summed E-state index contributed by atoms with van der Waals surface area (Å²) >= 11 is 0. The Morgan fingerprint density at radius 1 is 1.64 bits per heavy atom. The van der Waals surface area contributed by atoms with E-state index in [1.807, 2.05) is 20.9 Å². The maximum absolute atomic E-state index is 9.72. The van der Waals surface area contributed by atoms with E-state index in [1.54, 1.807) is 4.68 Å². The first kappa shape index (κ1) is 11.1. The molecular weight excluding hydrogens is 180 g/mol. The summed E-state index contributed by atoms with van der Waals surface area (Å²) in [5, 5.41) is 16.8. The monoisotopic (exact) mass is 198 g/mol. The number of aliphatic hydroxyl groups is 1. The molecule has 0 amide bonds. The van der Waals surface area contributed by atoms with Crippen LogP contribution >= 0.6 is 0 Å². The van der Waals surface area contributed by atoms with Crippen LogP contribution in [0.15, 0.2) is 6.33 Å². The Morgan fingerprint density at radius 3 is 2.86 bits per heavy atom. The van der Waals surface area contributed by atoms with Crippen LogP contribution in [0.4, 0.5) is 0 Å². The molecule has 1 atom stereocenters. The Kier molecular flexibility index (Phi) is 3.60. The fourth-order valence-corrected chi connectivity index (χ4v) is 1.05. The van der Waals surface area contributed by atoms with Crippen LogP contribution in [-0.2, 0) is 13.6 Å². The van der Waals surface area contributed by atoms with Crippen LogP contribution in [0.3, 0.4) is 0 Å². The summed E-state index contributed by atoms with van der Waals surface area (Å²) in [5.74, 6) is 0.872. The van der Waals surface area contributed by atoms with Crippen LogP contribution < -0.4 is 5.32 Å². The highest BCUT2D eigenvalue weighted by Gasteiger charge is 2.16. The van der Waals surface area contributed by atoms with Crippen LogP contribution in [0.2, 0.25) is 0 Å². The largest absolute Gasteiger partial charge is 0.389 e. The molecule has 0 saturated heterocycles. The second-order valence-corrected chi connectivity index (χ2v) is 3.75. The van der Waals surface area contributed by atoms with E-state index in [9.17, 15) is 5.11 Å². The number of aromatic nitrogens is 3. The molecule has 0 aromatic carbocycles. The Morgan fingerprint density at radius 2 is 2.36 bits per heavy atom. The molecule has 0 spiro atoms. The van der Waals surface area contributed by atoms with E-state index in [0.717, 1.165) is 12.2 Å². The van der Waals surface area contributed by atoms with Gasteiger partial charge in [-0.25, -0.2) is 4.98 Å². The summed E-state index contributed by atoms with van der Waals surface area (Å²) in [5.41, 5.74) is -0.640. The standard InChI is InChI=1S/C9H18N4O/c1-4-9(2,14)6-10-5-8-11-7-12-13(8)3/h7,10,14H,4-6H2,1-3H3. The van der Waals surface area contributed by atoms with Crippen molar-refractivity contribution in [3.05, 3.63) is 12.2 Å². The molecule has 14 heavy (non-hydrogen) atoms. The van der Waals surface area contributed by atoms with Gasteiger partial charge in [-0.05, 0) is 13.3 Å². The van der Waals surface area contributed by atoms with Crippen LogP contribution in [0.25, 0.3) is 0 Å². The third kappa shape index (κ3) is 3.08. The highest BCUT2D eigenvalue weighted by atomic mass is 16.3. The van der Waals surface area contributed by atoms with E-state index in [2.05, 4.69) is 15.4 Å². The molecule has 0 aliphatic heterocycles. The van der Waals surface area contributed by atoms with Gasteiger partial charge in [0.25, 0.3) is 0 Å². The first-order valence-corrected chi connectivity index (χ1v) is 4.81. The molecule has 80 valence electrons. The Labute approximate surface area is 84.2 Å². The molecule has 0 radical (unpaired) electrons. The summed E-state index contributed by atoms with van der Waals surface area (Å²) in [4.78, 5) is 4.07. The molecule has 1 rings (SSSR count). The Bertz CT molecular complexity index is 282. The van der Waals surface area contributed by atoms with Crippen LogP contribution in [0.5, 0.6) is 0 Å². The predicted molar refractivity (Wildman–Crippen MR) is 53.6 cm³/mol. The van der Waals surface area contributed by atoms with Crippen molar-refractivity contribution in [3.8, 4) is 0 Å². The van der Waals surface area contributed by atoms with E-state index in [4.69, 9.17) is 0 Å². The number of nitrogens with one attached hydrogen (secondary N) is 1. The predicted octanol–water partition coefficient (Wildman–Crippen LogP) is 0.0657. The molecule has 0 saturated carbocycles. The molecule has 5 nitrogen and oxygen atoms in total. The van der Waals surface area contributed by atoms with Gasteiger partial charge in [0.05, 0.1) is 12.1 Å². The van der Waals surface area contributed by atoms with Crippen molar-refractivity contribution in [1.29, 1.82) is 0 Å². The molecule has 5 heteroatoms. The molecule has 1 unspecified atom stereocenters. The SMILES string of the molecule is CCC(C)(O)CNCc1ncnn1C. The van der Waals surface area contributed by atoms with E-state index >= 15 is 0 Å². The fraction of sp³-hybridized carbons (Fsp3) is 0.778.